The number of halogens is 1. The van der Waals surface area contributed by atoms with Crippen LogP contribution in [0.25, 0.3) is 5.69 Å². The van der Waals surface area contributed by atoms with Crippen LogP contribution in [0.5, 0.6) is 0 Å². The summed E-state index contributed by atoms with van der Waals surface area (Å²) in [5.74, 6) is 1.62. The maximum atomic E-state index is 14.2. The van der Waals surface area contributed by atoms with Crippen molar-refractivity contribution in [3.63, 3.8) is 0 Å². The molecule has 0 radical (unpaired) electrons. The highest BCUT2D eigenvalue weighted by Gasteiger charge is 2.14. The van der Waals surface area contributed by atoms with Crippen LogP contribution in [0.1, 0.15) is 31.1 Å². The van der Waals surface area contributed by atoms with Gasteiger partial charge in [-0.25, -0.2) is 14.1 Å². The van der Waals surface area contributed by atoms with E-state index < -0.39 is 0 Å². The van der Waals surface area contributed by atoms with Crippen molar-refractivity contribution in [2.45, 2.75) is 34.2 Å². The Labute approximate surface area is 119 Å². The van der Waals surface area contributed by atoms with E-state index in [0.29, 0.717) is 29.8 Å². The van der Waals surface area contributed by atoms with Crippen molar-refractivity contribution in [2.24, 2.45) is 5.92 Å². The quantitative estimate of drug-likeness (QED) is 0.913. The molecule has 20 heavy (non-hydrogen) atoms. The second kappa shape index (κ2) is 6.13. The van der Waals surface area contributed by atoms with Crippen molar-refractivity contribution in [2.75, 3.05) is 6.54 Å². The predicted molar refractivity (Wildman–Crippen MR) is 77.3 cm³/mol. The third-order valence-electron chi connectivity index (χ3n) is 3.03. The third-order valence-corrected chi connectivity index (χ3v) is 3.03. The molecule has 0 fully saturated rings. The fourth-order valence-electron chi connectivity index (χ4n) is 2.17. The van der Waals surface area contributed by atoms with E-state index in [-0.39, 0.29) is 5.82 Å². The lowest BCUT2D eigenvalue weighted by molar-refractivity contribution is 0.546. The van der Waals surface area contributed by atoms with Crippen molar-refractivity contribution in [3.8, 4) is 5.69 Å². The molecule has 1 aromatic carbocycles. The number of nitrogens with zero attached hydrogens (tertiary/aromatic N) is 3. The molecular formula is C15H21FN4. The van der Waals surface area contributed by atoms with Crippen LogP contribution in [0.15, 0.2) is 18.2 Å². The molecule has 5 heteroatoms. The van der Waals surface area contributed by atoms with Gasteiger partial charge >= 0.3 is 0 Å². The number of nitrogens with one attached hydrogen (secondary N) is 1. The van der Waals surface area contributed by atoms with Crippen molar-refractivity contribution >= 4 is 0 Å². The first-order valence-electron chi connectivity index (χ1n) is 6.87. The highest BCUT2D eigenvalue weighted by molar-refractivity contribution is 5.42. The lowest BCUT2D eigenvalue weighted by Gasteiger charge is -2.13. The van der Waals surface area contributed by atoms with Crippen molar-refractivity contribution in [3.05, 3.63) is 41.2 Å². The van der Waals surface area contributed by atoms with Crippen molar-refractivity contribution < 1.29 is 4.39 Å². The van der Waals surface area contributed by atoms with Crippen LogP contribution in [-0.2, 0) is 6.54 Å². The molecule has 1 N–H and O–H groups in total. The summed E-state index contributed by atoms with van der Waals surface area (Å²) in [6.45, 7) is 9.43. The summed E-state index contributed by atoms with van der Waals surface area (Å²) in [5, 5.41) is 7.62. The molecule has 0 bridgehead atoms. The summed E-state index contributed by atoms with van der Waals surface area (Å²) >= 11 is 0. The monoisotopic (exact) mass is 276 g/mol. The molecular weight excluding hydrogens is 255 g/mol. The number of aromatic nitrogens is 3. The Hall–Kier alpha value is -1.75. The zero-order valence-electron chi connectivity index (χ0n) is 12.4. The Balaban J connectivity index is 2.34. The minimum absolute atomic E-state index is 0.276. The summed E-state index contributed by atoms with van der Waals surface area (Å²) < 4.78 is 15.8. The number of rotatable bonds is 5. The van der Waals surface area contributed by atoms with E-state index in [1.54, 1.807) is 17.7 Å². The first-order valence-corrected chi connectivity index (χ1v) is 6.87. The van der Waals surface area contributed by atoms with Crippen LogP contribution in [0.4, 0.5) is 4.39 Å². The Kier molecular flexibility index (Phi) is 4.49. The zero-order valence-corrected chi connectivity index (χ0v) is 12.4. The van der Waals surface area contributed by atoms with Crippen LogP contribution in [0.3, 0.4) is 0 Å². The van der Waals surface area contributed by atoms with E-state index >= 15 is 0 Å². The van der Waals surface area contributed by atoms with Crippen LogP contribution in [0.2, 0.25) is 0 Å². The minimum Gasteiger partial charge on any atom is -0.312 e. The number of aryl methyl sites for hydroxylation is 2. The van der Waals surface area contributed by atoms with E-state index in [1.807, 2.05) is 13.0 Å². The van der Waals surface area contributed by atoms with Gasteiger partial charge in [-0.1, -0.05) is 26.0 Å². The summed E-state index contributed by atoms with van der Waals surface area (Å²) in [6, 6.07) is 5.10. The minimum atomic E-state index is -0.276. The molecule has 1 aromatic heterocycles. The lowest BCUT2D eigenvalue weighted by Crippen LogP contribution is -2.20. The largest absolute Gasteiger partial charge is 0.312 e. The number of benzene rings is 1. The Bertz CT molecular complexity index is 590. The van der Waals surface area contributed by atoms with Gasteiger partial charge in [0.05, 0.1) is 0 Å². The SMILES string of the molecule is Cc1nc(C)n(-c2c(F)cccc2CNCC(C)C)n1. The molecule has 0 aliphatic rings. The summed E-state index contributed by atoms with van der Waals surface area (Å²) in [5.41, 5.74) is 1.38. The molecule has 2 rings (SSSR count). The van der Waals surface area contributed by atoms with E-state index in [2.05, 4.69) is 29.2 Å². The molecule has 0 amide bonds. The normalized spacial score (nSPS) is 11.3. The number of hydrogen-bond acceptors (Lipinski definition) is 3. The zero-order chi connectivity index (χ0) is 14.7. The van der Waals surface area contributed by atoms with Crippen LogP contribution < -0.4 is 5.32 Å². The lowest BCUT2D eigenvalue weighted by atomic mass is 10.1. The second-order valence-electron chi connectivity index (χ2n) is 5.39. The summed E-state index contributed by atoms with van der Waals surface area (Å²) in [7, 11) is 0. The van der Waals surface area contributed by atoms with Gasteiger partial charge in [0, 0.05) is 6.54 Å². The highest BCUT2D eigenvalue weighted by Crippen LogP contribution is 2.19. The van der Waals surface area contributed by atoms with E-state index in [4.69, 9.17) is 0 Å². The average Bonchev–Trinajstić information content (AvgIpc) is 2.68. The summed E-state index contributed by atoms with van der Waals surface area (Å²) in [4.78, 5) is 4.24. The predicted octanol–water partition coefficient (Wildman–Crippen LogP) is 2.77. The second-order valence-corrected chi connectivity index (χ2v) is 5.39. The van der Waals surface area contributed by atoms with Crippen LogP contribution in [-0.4, -0.2) is 21.3 Å². The maximum absolute atomic E-state index is 14.2. The van der Waals surface area contributed by atoms with Gasteiger partial charge in [-0.2, -0.15) is 5.10 Å². The van der Waals surface area contributed by atoms with E-state index in [0.717, 1.165) is 12.1 Å². The Morgan fingerprint density at radius 1 is 1.30 bits per heavy atom. The summed E-state index contributed by atoms with van der Waals surface area (Å²) in [6.07, 6.45) is 0. The number of hydrogen-bond donors (Lipinski definition) is 1. The van der Waals surface area contributed by atoms with Crippen LogP contribution in [0, 0.1) is 25.6 Å². The molecule has 0 unspecified atom stereocenters. The molecule has 0 saturated carbocycles. The molecule has 108 valence electrons. The first kappa shape index (κ1) is 14.7. The Morgan fingerprint density at radius 2 is 2.05 bits per heavy atom. The van der Waals surface area contributed by atoms with Crippen molar-refractivity contribution in [1.29, 1.82) is 0 Å². The molecule has 2 aromatic rings. The topological polar surface area (TPSA) is 42.7 Å². The van der Waals surface area contributed by atoms with Gasteiger partial charge in [0.1, 0.15) is 23.2 Å². The van der Waals surface area contributed by atoms with Crippen molar-refractivity contribution in [1.82, 2.24) is 20.1 Å². The van der Waals surface area contributed by atoms with Gasteiger partial charge in [0.25, 0.3) is 0 Å². The maximum Gasteiger partial charge on any atom is 0.149 e. The van der Waals surface area contributed by atoms with Gasteiger partial charge in [-0.05, 0) is 37.9 Å². The van der Waals surface area contributed by atoms with Gasteiger partial charge in [0.15, 0.2) is 0 Å². The molecule has 0 saturated heterocycles. The molecule has 0 atom stereocenters. The molecule has 4 nitrogen and oxygen atoms in total. The van der Waals surface area contributed by atoms with Gasteiger partial charge in [0.2, 0.25) is 0 Å². The van der Waals surface area contributed by atoms with E-state index in [9.17, 15) is 4.39 Å². The molecule has 0 aliphatic heterocycles. The van der Waals surface area contributed by atoms with Gasteiger partial charge < -0.3 is 5.32 Å². The third kappa shape index (κ3) is 3.22. The molecule has 1 heterocycles. The average molecular weight is 276 g/mol. The fraction of sp³-hybridized carbons (Fsp3) is 0.467. The molecule has 0 aliphatic carbocycles. The first-order chi connectivity index (χ1) is 9.49. The smallest absolute Gasteiger partial charge is 0.149 e. The van der Waals surface area contributed by atoms with Crippen LogP contribution >= 0.6 is 0 Å². The fourth-order valence-corrected chi connectivity index (χ4v) is 2.17. The standard InChI is InChI=1S/C15H21FN4/c1-10(2)8-17-9-13-6-5-7-14(16)15(13)20-12(4)18-11(3)19-20/h5-7,10,17H,8-9H2,1-4H3. The molecule has 0 spiro atoms. The number of para-hydroxylation sites is 1. The highest BCUT2D eigenvalue weighted by atomic mass is 19.1. The van der Waals surface area contributed by atoms with Gasteiger partial charge in [-0.15, -0.1) is 0 Å². The Morgan fingerprint density at radius 3 is 2.65 bits per heavy atom. The van der Waals surface area contributed by atoms with E-state index in [1.165, 1.54) is 6.07 Å². The van der Waals surface area contributed by atoms with Gasteiger partial charge in [-0.3, -0.25) is 0 Å².